The van der Waals surface area contributed by atoms with Gasteiger partial charge < -0.3 is 15.0 Å². The molecule has 0 unspecified atom stereocenters. The SMILES string of the molecule is CN(C)C(=O)[C@H]1CC[C@@H](CNC2Cc3ccccc3C2)O1. The van der Waals surface area contributed by atoms with Gasteiger partial charge >= 0.3 is 0 Å². The lowest BCUT2D eigenvalue weighted by atomic mass is 10.1. The first-order valence-corrected chi connectivity index (χ1v) is 7.80. The molecule has 1 heterocycles. The van der Waals surface area contributed by atoms with Gasteiger partial charge in [0.2, 0.25) is 0 Å². The molecule has 1 amide bonds. The Morgan fingerprint density at radius 3 is 2.52 bits per heavy atom. The summed E-state index contributed by atoms with van der Waals surface area (Å²) in [6.45, 7) is 0.843. The Kier molecular flexibility index (Phi) is 4.27. The molecule has 1 aromatic carbocycles. The number of ether oxygens (including phenoxy) is 1. The predicted octanol–water partition coefficient (Wildman–Crippen LogP) is 1.38. The number of hydrogen-bond donors (Lipinski definition) is 1. The number of benzene rings is 1. The first-order chi connectivity index (χ1) is 10.1. The van der Waals surface area contributed by atoms with E-state index in [1.165, 1.54) is 11.1 Å². The summed E-state index contributed by atoms with van der Waals surface area (Å²) < 4.78 is 5.87. The van der Waals surface area contributed by atoms with E-state index in [0.717, 1.165) is 32.2 Å². The van der Waals surface area contributed by atoms with Gasteiger partial charge in [0.15, 0.2) is 0 Å². The molecule has 1 fully saturated rings. The quantitative estimate of drug-likeness (QED) is 0.910. The van der Waals surface area contributed by atoms with Gasteiger partial charge in [0.05, 0.1) is 6.10 Å². The Bertz CT molecular complexity index is 490. The lowest BCUT2D eigenvalue weighted by Gasteiger charge is -2.19. The molecule has 114 valence electrons. The van der Waals surface area contributed by atoms with Crippen LogP contribution in [-0.2, 0) is 22.4 Å². The summed E-state index contributed by atoms with van der Waals surface area (Å²) in [4.78, 5) is 13.5. The summed E-state index contributed by atoms with van der Waals surface area (Å²) in [5, 5.41) is 3.61. The molecular formula is C17H24N2O2. The highest BCUT2D eigenvalue weighted by Crippen LogP contribution is 2.23. The summed E-state index contributed by atoms with van der Waals surface area (Å²) in [6, 6.07) is 9.16. The van der Waals surface area contributed by atoms with Gasteiger partial charge in [-0.1, -0.05) is 24.3 Å². The van der Waals surface area contributed by atoms with Crippen LogP contribution in [0, 0.1) is 0 Å². The van der Waals surface area contributed by atoms with E-state index in [9.17, 15) is 4.79 Å². The van der Waals surface area contributed by atoms with Gasteiger partial charge in [-0.25, -0.2) is 0 Å². The Morgan fingerprint density at radius 1 is 1.24 bits per heavy atom. The van der Waals surface area contributed by atoms with Crippen LogP contribution in [0.1, 0.15) is 24.0 Å². The topological polar surface area (TPSA) is 41.6 Å². The van der Waals surface area contributed by atoms with Crippen LogP contribution in [0.4, 0.5) is 0 Å². The highest BCUT2D eigenvalue weighted by molar-refractivity contribution is 5.80. The maximum absolute atomic E-state index is 11.9. The van der Waals surface area contributed by atoms with Crippen LogP contribution < -0.4 is 5.32 Å². The van der Waals surface area contributed by atoms with Gasteiger partial charge in [0.1, 0.15) is 6.10 Å². The van der Waals surface area contributed by atoms with Crippen LogP contribution in [0.25, 0.3) is 0 Å². The molecule has 1 N–H and O–H groups in total. The molecule has 0 radical (unpaired) electrons. The molecular weight excluding hydrogens is 264 g/mol. The summed E-state index contributed by atoms with van der Waals surface area (Å²) in [7, 11) is 3.57. The molecule has 0 spiro atoms. The van der Waals surface area contributed by atoms with E-state index in [4.69, 9.17) is 4.74 Å². The van der Waals surface area contributed by atoms with E-state index in [-0.39, 0.29) is 18.1 Å². The maximum atomic E-state index is 11.9. The fourth-order valence-electron chi connectivity index (χ4n) is 3.33. The Hall–Kier alpha value is -1.39. The second-order valence-corrected chi connectivity index (χ2v) is 6.34. The van der Waals surface area contributed by atoms with Gasteiger partial charge in [0.25, 0.3) is 5.91 Å². The summed E-state index contributed by atoms with van der Waals surface area (Å²) in [6.07, 6.45) is 3.94. The lowest BCUT2D eigenvalue weighted by Crippen LogP contribution is -2.38. The maximum Gasteiger partial charge on any atom is 0.251 e. The largest absolute Gasteiger partial charge is 0.364 e. The number of nitrogens with zero attached hydrogens (tertiary/aromatic N) is 1. The average Bonchev–Trinajstić information content (AvgIpc) is 3.10. The van der Waals surface area contributed by atoms with Crippen molar-refractivity contribution in [1.29, 1.82) is 0 Å². The first kappa shape index (κ1) is 14.5. The van der Waals surface area contributed by atoms with Gasteiger partial charge in [-0.15, -0.1) is 0 Å². The van der Waals surface area contributed by atoms with Crippen molar-refractivity contribution in [3.8, 4) is 0 Å². The van der Waals surface area contributed by atoms with E-state index >= 15 is 0 Å². The molecule has 4 nitrogen and oxygen atoms in total. The summed E-state index contributed by atoms with van der Waals surface area (Å²) in [5.41, 5.74) is 2.92. The number of carbonyl (C=O) groups excluding carboxylic acids is 1. The summed E-state index contributed by atoms with van der Waals surface area (Å²) in [5.74, 6) is 0.0887. The fourth-order valence-corrected chi connectivity index (χ4v) is 3.33. The molecule has 3 rings (SSSR count). The zero-order chi connectivity index (χ0) is 14.8. The molecule has 2 aliphatic rings. The molecule has 1 saturated heterocycles. The van der Waals surface area contributed by atoms with Gasteiger partial charge in [0, 0.05) is 26.7 Å². The van der Waals surface area contributed by atoms with Crippen molar-refractivity contribution in [2.24, 2.45) is 0 Å². The smallest absolute Gasteiger partial charge is 0.251 e. The molecule has 4 heteroatoms. The zero-order valence-electron chi connectivity index (χ0n) is 12.8. The van der Waals surface area contributed by atoms with Crippen LogP contribution in [-0.4, -0.2) is 49.7 Å². The van der Waals surface area contributed by atoms with E-state index in [0.29, 0.717) is 6.04 Å². The zero-order valence-corrected chi connectivity index (χ0v) is 12.8. The highest BCUT2D eigenvalue weighted by atomic mass is 16.5. The minimum Gasteiger partial charge on any atom is -0.364 e. The summed E-state index contributed by atoms with van der Waals surface area (Å²) >= 11 is 0. The van der Waals surface area contributed by atoms with Crippen LogP contribution in [0.5, 0.6) is 0 Å². The Balaban J connectivity index is 1.45. The van der Waals surface area contributed by atoms with E-state index in [1.54, 1.807) is 19.0 Å². The number of fused-ring (bicyclic) bond motifs is 1. The van der Waals surface area contributed by atoms with Crippen LogP contribution >= 0.6 is 0 Å². The number of nitrogens with one attached hydrogen (secondary N) is 1. The molecule has 1 aliphatic heterocycles. The second-order valence-electron chi connectivity index (χ2n) is 6.34. The minimum absolute atomic E-state index is 0.0887. The first-order valence-electron chi connectivity index (χ1n) is 7.80. The van der Waals surface area contributed by atoms with E-state index in [2.05, 4.69) is 29.6 Å². The van der Waals surface area contributed by atoms with Crippen molar-refractivity contribution in [3.63, 3.8) is 0 Å². The Morgan fingerprint density at radius 2 is 1.90 bits per heavy atom. The second kappa shape index (κ2) is 6.16. The number of amides is 1. The standard InChI is InChI=1S/C17H24N2O2/c1-19(2)17(20)16-8-7-15(21-16)11-18-14-9-12-5-3-4-6-13(12)10-14/h3-6,14-16,18H,7-11H2,1-2H3/t15-,16+/m0/s1. The third kappa shape index (κ3) is 3.27. The molecule has 21 heavy (non-hydrogen) atoms. The van der Waals surface area contributed by atoms with Crippen molar-refractivity contribution in [3.05, 3.63) is 35.4 Å². The number of carbonyl (C=O) groups is 1. The monoisotopic (exact) mass is 288 g/mol. The fraction of sp³-hybridized carbons (Fsp3) is 0.588. The van der Waals surface area contributed by atoms with Crippen molar-refractivity contribution in [1.82, 2.24) is 10.2 Å². The van der Waals surface area contributed by atoms with Gasteiger partial charge in [-0.05, 0) is 36.8 Å². The molecule has 1 aliphatic carbocycles. The van der Waals surface area contributed by atoms with Crippen molar-refractivity contribution in [2.75, 3.05) is 20.6 Å². The van der Waals surface area contributed by atoms with Crippen molar-refractivity contribution >= 4 is 5.91 Å². The molecule has 2 atom stereocenters. The van der Waals surface area contributed by atoms with Crippen LogP contribution in [0.3, 0.4) is 0 Å². The molecule has 0 saturated carbocycles. The van der Waals surface area contributed by atoms with Crippen molar-refractivity contribution < 1.29 is 9.53 Å². The lowest BCUT2D eigenvalue weighted by molar-refractivity contribution is -0.140. The third-order valence-corrected chi connectivity index (χ3v) is 4.51. The third-order valence-electron chi connectivity index (χ3n) is 4.51. The normalized spacial score (nSPS) is 25.0. The minimum atomic E-state index is -0.243. The van der Waals surface area contributed by atoms with Crippen LogP contribution in [0.2, 0.25) is 0 Å². The molecule has 0 aromatic heterocycles. The Labute approximate surface area is 126 Å². The number of hydrogen-bond acceptors (Lipinski definition) is 3. The number of likely N-dealkylation sites (N-methyl/N-ethyl adjacent to an activating group) is 1. The predicted molar refractivity (Wildman–Crippen MR) is 82.2 cm³/mol. The molecule has 0 bridgehead atoms. The van der Waals surface area contributed by atoms with Gasteiger partial charge in [-0.3, -0.25) is 4.79 Å². The van der Waals surface area contributed by atoms with Gasteiger partial charge in [-0.2, -0.15) is 0 Å². The number of rotatable bonds is 4. The molecule has 1 aromatic rings. The van der Waals surface area contributed by atoms with E-state index in [1.807, 2.05) is 0 Å². The van der Waals surface area contributed by atoms with Crippen molar-refractivity contribution in [2.45, 2.75) is 43.9 Å². The van der Waals surface area contributed by atoms with E-state index < -0.39 is 0 Å². The van der Waals surface area contributed by atoms with Crippen LogP contribution in [0.15, 0.2) is 24.3 Å². The average molecular weight is 288 g/mol. The highest BCUT2D eigenvalue weighted by Gasteiger charge is 2.32.